The van der Waals surface area contributed by atoms with Crippen LogP contribution in [0.5, 0.6) is 0 Å². The van der Waals surface area contributed by atoms with Gasteiger partial charge in [0, 0.05) is 45.2 Å². The van der Waals surface area contributed by atoms with Gasteiger partial charge in [-0.15, -0.1) is 0 Å². The molecule has 1 aromatic rings. The number of carbonyl (C=O) groups is 2. The van der Waals surface area contributed by atoms with Crippen LogP contribution in [0.2, 0.25) is 0 Å². The summed E-state index contributed by atoms with van der Waals surface area (Å²) in [4.78, 5) is 27.6. The number of carbonyl (C=O) groups excluding carboxylic acids is 2. The van der Waals surface area contributed by atoms with E-state index in [9.17, 15) is 31.2 Å². The van der Waals surface area contributed by atoms with Gasteiger partial charge in [0.25, 0.3) is 0 Å². The minimum absolute atomic E-state index is 0.0794. The predicted molar refractivity (Wildman–Crippen MR) is 104 cm³/mol. The minimum atomic E-state index is -4.37. The van der Waals surface area contributed by atoms with Gasteiger partial charge in [-0.3, -0.25) is 9.59 Å². The third-order valence-electron chi connectivity index (χ3n) is 6.18. The Bertz CT molecular complexity index is 992. The lowest BCUT2D eigenvalue weighted by molar-refractivity contribution is -0.142. The van der Waals surface area contributed by atoms with E-state index in [1.54, 1.807) is 9.80 Å². The molecule has 2 amide bonds. The summed E-state index contributed by atoms with van der Waals surface area (Å²) in [5, 5.41) is 0. The van der Waals surface area contributed by atoms with Crippen molar-refractivity contribution in [3.63, 3.8) is 0 Å². The molecule has 3 fully saturated rings. The average Bonchev–Trinajstić information content (AvgIpc) is 3.62. The van der Waals surface area contributed by atoms with Crippen molar-refractivity contribution in [2.45, 2.75) is 30.6 Å². The summed E-state index contributed by atoms with van der Waals surface area (Å²) in [7, 11) is -4.37. The summed E-state index contributed by atoms with van der Waals surface area (Å²) in [5.74, 6) is -5.28. The highest BCUT2D eigenvalue weighted by molar-refractivity contribution is 7.89. The van der Waals surface area contributed by atoms with E-state index in [0.717, 1.165) is 23.6 Å². The van der Waals surface area contributed by atoms with Crippen LogP contribution in [0.3, 0.4) is 0 Å². The monoisotopic (exact) mass is 459 g/mol. The van der Waals surface area contributed by atoms with Crippen LogP contribution in [-0.2, 0) is 19.6 Å². The first-order valence-electron chi connectivity index (χ1n) is 10.4. The second-order valence-corrected chi connectivity index (χ2v) is 10.2. The summed E-state index contributed by atoms with van der Waals surface area (Å²) < 4.78 is 67.0. The third kappa shape index (κ3) is 4.30. The first-order valence-corrected chi connectivity index (χ1v) is 11.9. The van der Waals surface area contributed by atoms with E-state index in [-0.39, 0.29) is 49.8 Å². The van der Waals surface area contributed by atoms with Gasteiger partial charge in [0.2, 0.25) is 21.8 Å². The molecule has 2 aliphatic heterocycles. The summed E-state index contributed by atoms with van der Waals surface area (Å²) in [6, 6.07) is 1.27. The predicted octanol–water partition coefficient (Wildman–Crippen LogP) is 1.59. The molecule has 2 heterocycles. The van der Waals surface area contributed by atoms with Gasteiger partial charge in [-0.25, -0.2) is 21.6 Å². The van der Waals surface area contributed by atoms with Crippen LogP contribution in [0.4, 0.5) is 13.2 Å². The molecule has 1 atom stereocenters. The number of hydrogen-bond acceptors (Lipinski definition) is 4. The lowest BCUT2D eigenvalue weighted by Crippen LogP contribution is -2.54. The number of hydrogen-bond donors (Lipinski definition) is 0. The molecule has 2 saturated heterocycles. The molecular weight excluding hydrogens is 435 g/mol. The number of amides is 2. The van der Waals surface area contributed by atoms with Crippen LogP contribution in [0.15, 0.2) is 17.0 Å². The van der Waals surface area contributed by atoms with Crippen LogP contribution in [-0.4, -0.2) is 73.6 Å². The molecular formula is C20H24F3N3O4S. The fourth-order valence-electron chi connectivity index (χ4n) is 4.22. The molecule has 170 valence electrons. The molecule has 31 heavy (non-hydrogen) atoms. The normalized spacial score (nSPS) is 23.1. The second-order valence-electron chi connectivity index (χ2n) is 8.30. The van der Waals surface area contributed by atoms with Crippen molar-refractivity contribution < 1.29 is 31.2 Å². The van der Waals surface area contributed by atoms with E-state index in [2.05, 4.69) is 0 Å². The molecule has 3 aliphatic rings. The van der Waals surface area contributed by atoms with Crippen LogP contribution < -0.4 is 0 Å². The number of piperazine rings is 1. The Balaban J connectivity index is 1.38. The van der Waals surface area contributed by atoms with Gasteiger partial charge in [-0.1, -0.05) is 0 Å². The molecule has 0 bridgehead atoms. The maximum atomic E-state index is 14.0. The highest BCUT2D eigenvalue weighted by atomic mass is 32.2. The van der Waals surface area contributed by atoms with E-state index in [1.165, 1.54) is 0 Å². The number of nitrogens with zero attached hydrogens (tertiary/aromatic N) is 3. The molecule has 0 N–H and O–H groups in total. The van der Waals surface area contributed by atoms with E-state index in [4.69, 9.17) is 0 Å². The average molecular weight is 459 g/mol. The Labute approximate surface area is 178 Å². The number of benzene rings is 1. The van der Waals surface area contributed by atoms with Crippen molar-refractivity contribution in [2.75, 3.05) is 39.3 Å². The zero-order valence-corrected chi connectivity index (χ0v) is 17.7. The van der Waals surface area contributed by atoms with Crippen molar-refractivity contribution in [1.82, 2.24) is 14.1 Å². The molecule has 1 saturated carbocycles. The van der Waals surface area contributed by atoms with Gasteiger partial charge < -0.3 is 9.80 Å². The van der Waals surface area contributed by atoms with E-state index in [1.807, 2.05) is 0 Å². The van der Waals surface area contributed by atoms with Gasteiger partial charge >= 0.3 is 0 Å². The van der Waals surface area contributed by atoms with Crippen LogP contribution in [0, 0.1) is 29.3 Å². The van der Waals surface area contributed by atoms with Crippen molar-refractivity contribution in [3.05, 3.63) is 29.6 Å². The first-order chi connectivity index (χ1) is 14.7. The third-order valence-corrected chi connectivity index (χ3v) is 8.09. The van der Waals surface area contributed by atoms with E-state index < -0.39 is 32.4 Å². The van der Waals surface area contributed by atoms with Crippen molar-refractivity contribution in [3.8, 4) is 0 Å². The summed E-state index contributed by atoms with van der Waals surface area (Å²) in [6.45, 7) is 1.10. The fraction of sp³-hybridized carbons (Fsp3) is 0.600. The minimum Gasteiger partial charge on any atom is -0.342 e. The van der Waals surface area contributed by atoms with Crippen molar-refractivity contribution in [1.29, 1.82) is 0 Å². The Morgan fingerprint density at radius 2 is 1.45 bits per heavy atom. The smallest absolute Gasteiger partial charge is 0.246 e. The molecule has 1 aromatic carbocycles. The number of rotatable bonds is 4. The summed E-state index contributed by atoms with van der Waals surface area (Å²) in [5.41, 5.74) is 0. The van der Waals surface area contributed by atoms with E-state index in [0.29, 0.717) is 31.6 Å². The zero-order valence-electron chi connectivity index (χ0n) is 16.9. The number of likely N-dealkylation sites (tertiary alicyclic amines) is 1. The Morgan fingerprint density at radius 3 is 2.10 bits per heavy atom. The summed E-state index contributed by atoms with van der Waals surface area (Å²) in [6.07, 6.45) is 3.23. The maximum Gasteiger partial charge on any atom is 0.246 e. The van der Waals surface area contributed by atoms with Crippen LogP contribution in [0.1, 0.15) is 25.7 Å². The highest BCUT2D eigenvalue weighted by Gasteiger charge is 2.39. The Kier molecular flexibility index (Phi) is 5.99. The molecule has 4 rings (SSSR count). The molecule has 7 nitrogen and oxygen atoms in total. The van der Waals surface area contributed by atoms with Crippen molar-refractivity contribution >= 4 is 21.8 Å². The lowest BCUT2D eigenvalue weighted by atomic mass is 9.96. The molecule has 0 aromatic heterocycles. The number of piperidine rings is 1. The van der Waals surface area contributed by atoms with Crippen molar-refractivity contribution in [2.24, 2.45) is 11.8 Å². The van der Waals surface area contributed by atoms with Gasteiger partial charge in [-0.2, -0.15) is 4.31 Å². The topological polar surface area (TPSA) is 78.0 Å². The quantitative estimate of drug-likeness (QED) is 0.641. The number of sulfonamides is 1. The van der Waals surface area contributed by atoms with Crippen LogP contribution in [0.25, 0.3) is 0 Å². The first kappa shape index (κ1) is 22.1. The van der Waals surface area contributed by atoms with E-state index >= 15 is 0 Å². The molecule has 1 aliphatic carbocycles. The molecule has 0 spiro atoms. The summed E-state index contributed by atoms with van der Waals surface area (Å²) >= 11 is 0. The zero-order chi connectivity index (χ0) is 22.3. The van der Waals surface area contributed by atoms with Gasteiger partial charge in [0.1, 0.15) is 4.90 Å². The maximum absolute atomic E-state index is 14.0. The number of halogens is 3. The van der Waals surface area contributed by atoms with Crippen LogP contribution >= 0.6 is 0 Å². The molecule has 0 radical (unpaired) electrons. The van der Waals surface area contributed by atoms with Gasteiger partial charge in [-0.05, 0) is 37.8 Å². The lowest BCUT2D eigenvalue weighted by Gasteiger charge is -2.38. The van der Waals surface area contributed by atoms with Gasteiger partial charge in [0.15, 0.2) is 17.5 Å². The molecule has 1 unspecified atom stereocenters. The standard InChI is InChI=1S/C20H24F3N3O4S/c21-15-5-6-16(18(23)17(15)22)31(29,30)26-10-8-24(9-11-26)20(28)14-2-1-7-25(12-14)19(27)13-3-4-13/h5-6,13-14H,1-4,7-12H2. The van der Waals surface area contributed by atoms with Gasteiger partial charge in [0.05, 0.1) is 5.92 Å². The Morgan fingerprint density at radius 1 is 0.806 bits per heavy atom. The highest BCUT2D eigenvalue weighted by Crippen LogP contribution is 2.33. The largest absolute Gasteiger partial charge is 0.342 e. The second kappa shape index (κ2) is 8.42. The SMILES string of the molecule is O=C(C1CCCN(C(=O)C2CC2)C1)N1CCN(S(=O)(=O)c2ccc(F)c(F)c2F)CC1. The Hall–Kier alpha value is -2.14. The fourth-order valence-corrected chi connectivity index (χ4v) is 5.70. The molecule has 11 heteroatoms.